The van der Waals surface area contributed by atoms with Crippen molar-refractivity contribution < 1.29 is 13.9 Å². The van der Waals surface area contributed by atoms with Gasteiger partial charge in [-0.25, -0.2) is 9.37 Å². The summed E-state index contributed by atoms with van der Waals surface area (Å²) in [5.41, 5.74) is 1.35. The number of aromatic nitrogens is 2. The summed E-state index contributed by atoms with van der Waals surface area (Å²) in [5, 5.41) is 14.1. The van der Waals surface area contributed by atoms with Crippen LogP contribution in [0.25, 0.3) is 0 Å². The van der Waals surface area contributed by atoms with E-state index in [1.165, 1.54) is 48.0 Å². The molecule has 0 aliphatic rings. The largest absolute Gasteiger partial charge is 0.619 e. The molecular formula is C16H12FN3O2S. The second-order valence-corrected chi connectivity index (χ2v) is 5.95. The SMILES string of the molecule is O=C(Nc1ncc(Cc2ccc(F)cc2)s1)c1cc[n+]([O-])cc1. The van der Waals surface area contributed by atoms with Crippen LogP contribution in [-0.2, 0) is 6.42 Å². The number of nitrogens with one attached hydrogen (secondary N) is 1. The summed E-state index contributed by atoms with van der Waals surface area (Å²) in [6.45, 7) is 0. The van der Waals surface area contributed by atoms with Crippen molar-refractivity contribution in [2.24, 2.45) is 0 Å². The van der Waals surface area contributed by atoms with Crippen LogP contribution in [0.4, 0.5) is 9.52 Å². The predicted octanol–water partition coefficient (Wildman–Crippen LogP) is 2.76. The third-order valence-corrected chi connectivity index (χ3v) is 4.04. The van der Waals surface area contributed by atoms with E-state index < -0.39 is 0 Å². The molecule has 0 aliphatic heterocycles. The van der Waals surface area contributed by atoms with Crippen LogP contribution in [0.15, 0.2) is 55.0 Å². The van der Waals surface area contributed by atoms with E-state index in [2.05, 4.69) is 10.3 Å². The van der Waals surface area contributed by atoms with Crippen LogP contribution < -0.4 is 10.0 Å². The summed E-state index contributed by atoms with van der Waals surface area (Å²) >= 11 is 1.35. The molecule has 5 nitrogen and oxygen atoms in total. The molecule has 23 heavy (non-hydrogen) atoms. The fourth-order valence-electron chi connectivity index (χ4n) is 1.98. The smallest absolute Gasteiger partial charge is 0.257 e. The summed E-state index contributed by atoms with van der Waals surface area (Å²) in [6.07, 6.45) is 4.82. The lowest BCUT2D eigenvalue weighted by molar-refractivity contribution is -0.605. The zero-order valence-corrected chi connectivity index (χ0v) is 12.7. The number of benzene rings is 1. The van der Waals surface area contributed by atoms with E-state index >= 15 is 0 Å². The van der Waals surface area contributed by atoms with Crippen molar-refractivity contribution in [2.45, 2.75) is 6.42 Å². The molecule has 0 saturated heterocycles. The van der Waals surface area contributed by atoms with Crippen molar-refractivity contribution in [3.05, 3.63) is 82.0 Å². The number of carbonyl (C=O) groups is 1. The van der Waals surface area contributed by atoms with Crippen LogP contribution >= 0.6 is 11.3 Å². The zero-order chi connectivity index (χ0) is 16.2. The highest BCUT2D eigenvalue weighted by molar-refractivity contribution is 7.15. The molecule has 0 fully saturated rings. The van der Waals surface area contributed by atoms with Gasteiger partial charge in [0.05, 0.1) is 5.56 Å². The summed E-state index contributed by atoms with van der Waals surface area (Å²) < 4.78 is 13.5. The molecule has 1 aromatic carbocycles. The summed E-state index contributed by atoms with van der Waals surface area (Å²) in [4.78, 5) is 17.1. The molecule has 1 amide bonds. The minimum atomic E-state index is -0.326. The molecule has 0 radical (unpaired) electrons. The fourth-order valence-corrected chi connectivity index (χ4v) is 2.83. The van der Waals surface area contributed by atoms with Gasteiger partial charge in [-0.05, 0) is 17.7 Å². The van der Waals surface area contributed by atoms with Crippen LogP contribution in [0.5, 0.6) is 0 Å². The molecular weight excluding hydrogens is 317 g/mol. The summed E-state index contributed by atoms with van der Waals surface area (Å²) in [5.74, 6) is -0.596. The first-order valence-electron chi connectivity index (χ1n) is 6.79. The highest BCUT2D eigenvalue weighted by atomic mass is 32.1. The van der Waals surface area contributed by atoms with Gasteiger partial charge in [0.25, 0.3) is 5.91 Å². The van der Waals surface area contributed by atoms with E-state index in [9.17, 15) is 14.4 Å². The second-order valence-electron chi connectivity index (χ2n) is 4.84. The molecule has 0 atom stereocenters. The van der Waals surface area contributed by atoms with Gasteiger partial charge in [0.2, 0.25) is 0 Å². The van der Waals surface area contributed by atoms with Crippen molar-refractivity contribution >= 4 is 22.4 Å². The van der Waals surface area contributed by atoms with Crippen LogP contribution in [-0.4, -0.2) is 10.9 Å². The highest BCUT2D eigenvalue weighted by Crippen LogP contribution is 2.21. The van der Waals surface area contributed by atoms with Crippen molar-refractivity contribution in [3.63, 3.8) is 0 Å². The van der Waals surface area contributed by atoms with Crippen LogP contribution in [0.1, 0.15) is 20.8 Å². The molecule has 2 heterocycles. The third-order valence-electron chi connectivity index (χ3n) is 3.13. The Bertz CT molecular complexity index is 816. The maximum absolute atomic E-state index is 12.9. The topological polar surface area (TPSA) is 68.9 Å². The van der Waals surface area contributed by atoms with Gasteiger partial charge in [0.1, 0.15) is 5.82 Å². The number of hydrogen-bond donors (Lipinski definition) is 1. The highest BCUT2D eigenvalue weighted by Gasteiger charge is 2.10. The van der Waals surface area contributed by atoms with Crippen LogP contribution in [0.2, 0.25) is 0 Å². The van der Waals surface area contributed by atoms with E-state index in [0.29, 0.717) is 21.8 Å². The maximum atomic E-state index is 12.9. The minimum absolute atomic E-state index is 0.270. The van der Waals surface area contributed by atoms with Gasteiger partial charge >= 0.3 is 0 Å². The Hall–Kier alpha value is -2.80. The van der Waals surface area contributed by atoms with Gasteiger partial charge in [-0.3, -0.25) is 10.1 Å². The molecule has 0 spiro atoms. The minimum Gasteiger partial charge on any atom is -0.619 e. The Balaban J connectivity index is 1.66. The molecule has 2 aromatic heterocycles. The molecule has 3 aromatic rings. The lowest BCUT2D eigenvalue weighted by Crippen LogP contribution is -2.25. The molecule has 1 N–H and O–H groups in total. The first-order valence-corrected chi connectivity index (χ1v) is 7.61. The Kier molecular flexibility index (Phi) is 4.29. The Morgan fingerprint density at radius 1 is 1.22 bits per heavy atom. The number of thiazole rings is 1. The predicted molar refractivity (Wildman–Crippen MR) is 84.7 cm³/mol. The number of hydrogen-bond acceptors (Lipinski definition) is 4. The van der Waals surface area contributed by atoms with E-state index in [1.807, 2.05) is 0 Å². The van der Waals surface area contributed by atoms with E-state index in [0.717, 1.165) is 10.4 Å². The van der Waals surface area contributed by atoms with Gasteiger partial charge in [-0.15, -0.1) is 11.3 Å². The number of carbonyl (C=O) groups excluding carboxylic acids is 1. The third kappa shape index (κ3) is 3.89. The lowest BCUT2D eigenvalue weighted by Gasteiger charge is -2.01. The number of amides is 1. The Morgan fingerprint density at radius 2 is 1.91 bits per heavy atom. The number of nitrogens with zero attached hydrogens (tertiary/aromatic N) is 2. The van der Waals surface area contributed by atoms with Crippen molar-refractivity contribution in [1.82, 2.24) is 4.98 Å². The molecule has 0 unspecified atom stereocenters. The standard InChI is InChI=1S/C16H12FN3O2S/c17-13-3-1-11(2-4-13)9-14-10-18-16(23-14)19-15(21)12-5-7-20(22)8-6-12/h1-8,10H,9H2,(H,18,19,21). The van der Waals surface area contributed by atoms with E-state index in [4.69, 9.17) is 0 Å². The molecule has 0 saturated carbocycles. The summed E-state index contributed by atoms with van der Waals surface area (Å²) in [7, 11) is 0. The fraction of sp³-hybridized carbons (Fsp3) is 0.0625. The number of rotatable bonds is 4. The number of halogens is 1. The molecule has 7 heteroatoms. The lowest BCUT2D eigenvalue weighted by atomic mass is 10.1. The molecule has 116 valence electrons. The van der Waals surface area contributed by atoms with Crippen molar-refractivity contribution in [3.8, 4) is 0 Å². The van der Waals surface area contributed by atoms with Gasteiger partial charge in [-0.1, -0.05) is 12.1 Å². The normalized spacial score (nSPS) is 10.5. The van der Waals surface area contributed by atoms with Crippen molar-refractivity contribution in [1.29, 1.82) is 0 Å². The first-order chi connectivity index (χ1) is 11.1. The van der Waals surface area contributed by atoms with Gasteiger partial charge in [-0.2, -0.15) is 4.73 Å². The van der Waals surface area contributed by atoms with E-state index in [1.54, 1.807) is 18.3 Å². The maximum Gasteiger partial charge on any atom is 0.257 e. The van der Waals surface area contributed by atoms with Gasteiger partial charge < -0.3 is 5.21 Å². The monoisotopic (exact) mass is 329 g/mol. The molecule has 0 bridgehead atoms. The zero-order valence-electron chi connectivity index (χ0n) is 11.9. The van der Waals surface area contributed by atoms with Crippen LogP contribution in [0, 0.1) is 11.0 Å². The van der Waals surface area contributed by atoms with Gasteiger partial charge in [0.15, 0.2) is 17.5 Å². The Morgan fingerprint density at radius 3 is 2.61 bits per heavy atom. The average Bonchev–Trinajstić information content (AvgIpc) is 2.97. The van der Waals surface area contributed by atoms with Crippen LogP contribution in [0.3, 0.4) is 0 Å². The quantitative estimate of drug-likeness (QED) is 0.591. The van der Waals surface area contributed by atoms with E-state index in [-0.39, 0.29) is 11.7 Å². The summed E-state index contributed by atoms with van der Waals surface area (Å²) in [6, 6.07) is 9.14. The van der Waals surface area contributed by atoms with Gasteiger partial charge in [0, 0.05) is 29.6 Å². The molecule has 3 rings (SSSR count). The Labute approximate surface area is 135 Å². The number of pyridine rings is 1. The first kappa shape index (κ1) is 15.1. The van der Waals surface area contributed by atoms with Crippen molar-refractivity contribution in [2.75, 3.05) is 5.32 Å². The molecule has 0 aliphatic carbocycles. The number of anilines is 1. The average molecular weight is 329 g/mol. The second kappa shape index (κ2) is 6.53.